The number of Topliss-reactive ketones (excluding diaryl/α,β-unsaturated/α-hetero) is 1. The Morgan fingerprint density at radius 3 is 2.39 bits per heavy atom. The van der Waals surface area contributed by atoms with Crippen molar-refractivity contribution < 1.29 is 32.6 Å². The highest BCUT2D eigenvalue weighted by molar-refractivity contribution is 7.85. The molecule has 0 aromatic rings. The summed E-state index contributed by atoms with van der Waals surface area (Å²) in [5.74, 6) is -0.392. The summed E-state index contributed by atoms with van der Waals surface area (Å²) in [5.41, 5.74) is 0. The van der Waals surface area contributed by atoms with Crippen LogP contribution in [0.3, 0.4) is 0 Å². The summed E-state index contributed by atoms with van der Waals surface area (Å²) < 4.78 is 32.5. The van der Waals surface area contributed by atoms with Gasteiger partial charge in [0.2, 0.25) is 5.78 Å². The summed E-state index contributed by atoms with van der Waals surface area (Å²) in [7, 11) is -4.29. The maximum atomic E-state index is 12.8. The van der Waals surface area contributed by atoms with Gasteiger partial charge in [0.1, 0.15) is 38.0 Å². The second-order valence-electron chi connectivity index (χ2n) is 8.23. The molecule has 0 aromatic carbocycles. The fourth-order valence-corrected chi connectivity index (χ4v) is 4.42. The molecule has 1 atom stereocenters. The topological polar surface area (TPSA) is 118 Å². The van der Waals surface area contributed by atoms with Crippen LogP contribution >= 0.6 is 0 Å². The molecule has 1 rings (SSSR count). The second-order valence-corrected chi connectivity index (χ2v) is 9.72. The summed E-state index contributed by atoms with van der Waals surface area (Å²) >= 11 is 0. The first kappa shape index (κ1) is 27.7. The van der Waals surface area contributed by atoms with E-state index in [2.05, 4.69) is 19.1 Å². The van der Waals surface area contributed by atoms with Gasteiger partial charge in [-0.2, -0.15) is 8.42 Å². The number of carbonyl (C=O) groups is 1. The van der Waals surface area contributed by atoms with Crippen LogP contribution in [0.25, 0.3) is 0 Å². The van der Waals surface area contributed by atoms with E-state index in [0.29, 0.717) is 31.9 Å². The van der Waals surface area contributed by atoms with Crippen LogP contribution in [0.2, 0.25) is 0 Å². The van der Waals surface area contributed by atoms with E-state index in [4.69, 9.17) is 4.55 Å². The van der Waals surface area contributed by atoms with Crippen molar-refractivity contribution in [1.29, 1.82) is 0 Å². The minimum absolute atomic E-state index is 0.0482. The Labute approximate surface area is 187 Å². The lowest BCUT2D eigenvalue weighted by Gasteiger charge is -2.13. The van der Waals surface area contributed by atoms with Crippen molar-refractivity contribution in [3.63, 3.8) is 0 Å². The zero-order chi connectivity index (χ0) is 23.1. The summed E-state index contributed by atoms with van der Waals surface area (Å²) in [6.07, 6.45) is 13.5. The molecule has 0 aliphatic carbocycles. The predicted molar refractivity (Wildman–Crippen MR) is 122 cm³/mol. The van der Waals surface area contributed by atoms with Crippen molar-refractivity contribution >= 4 is 21.7 Å². The van der Waals surface area contributed by atoms with Crippen LogP contribution in [-0.2, 0) is 14.9 Å². The van der Waals surface area contributed by atoms with E-state index >= 15 is 0 Å². The largest absolute Gasteiger partial charge is 0.392 e. The van der Waals surface area contributed by atoms with Gasteiger partial charge in [-0.3, -0.25) is 18.8 Å². The minimum atomic E-state index is -4.29. The first-order valence-electron chi connectivity index (χ1n) is 11.6. The molecule has 1 aliphatic heterocycles. The number of amidine groups is 1. The van der Waals surface area contributed by atoms with Crippen LogP contribution in [0.5, 0.6) is 0 Å². The second kappa shape index (κ2) is 15.5. The molecule has 0 saturated carbocycles. The van der Waals surface area contributed by atoms with Crippen LogP contribution in [0, 0.1) is 0 Å². The molecule has 0 radical (unpaired) electrons. The van der Waals surface area contributed by atoms with Gasteiger partial charge in [0.25, 0.3) is 10.1 Å². The molecule has 0 amide bonds. The Hall–Kier alpha value is -1.29. The minimum Gasteiger partial charge on any atom is -0.392 e. The fourth-order valence-electron chi connectivity index (χ4n) is 3.83. The molecule has 0 spiro atoms. The average molecular weight is 462 g/mol. The monoisotopic (exact) mass is 461 g/mol. The third kappa shape index (κ3) is 12.4. The number of rotatable bonds is 18. The van der Waals surface area contributed by atoms with E-state index in [-0.39, 0.29) is 18.9 Å². The molecule has 180 valence electrons. The van der Waals surface area contributed by atoms with Gasteiger partial charge in [-0.25, -0.2) is 0 Å². The number of hydrogen-bond donors (Lipinski definition) is 3. The first-order valence-corrected chi connectivity index (χ1v) is 13.2. The van der Waals surface area contributed by atoms with Gasteiger partial charge in [0.05, 0.1) is 6.61 Å². The molecule has 0 bridgehead atoms. The van der Waals surface area contributed by atoms with Crippen LogP contribution < -0.4 is 0 Å². The van der Waals surface area contributed by atoms with Gasteiger partial charge in [-0.15, -0.1) is 0 Å². The van der Waals surface area contributed by atoms with Gasteiger partial charge < -0.3 is 10.2 Å². The smallest absolute Gasteiger partial charge is 0.316 e. The highest BCUT2D eigenvalue weighted by Crippen LogP contribution is 2.11. The van der Waals surface area contributed by atoms with Crippen molar-refractivity contribution in [1.82, 2.24) is 4.90 Å². The molecular formula is C22H41N2O6S+. The number of hydrogen-bond acceptors (Lipinski definition) is 6. The van der Waals surface area contributed by atoms with Crippen molar-refractivity contribution in [2.75, 3.05) is 38.5 Å². The fraction of sp³-hybridized carbons (Fsp3) is 0.818. The summed E-state index contributed by atoms with van der Waals surface area (Å²) in [4.78, 5) is 14.6. The summed E-state index contributed by atoms with van der Waals surface area (Å²) in [6.45, 7) is 3.38. The summed E-state index contributed by atoms with van der Waals surface area (Å²) in [5, 5.41) is 19.2. The highest BCUT2D eigenvalue weighted by atomic mass is 32.2. The van der Waals surface area contributed by atoms with Gasteiger partial charge in [0.15, 0.2) is 0 Å². The van der Waals surface area contributed by atoms with Crippen LogP contribution in [0.15, 0.2) is 12.2 Å². The molecule has 0 saturated heterocycles. The third-order valence-corrected chi connectivity index (χ3v) is 6.16. The molecule has 9 heteroatoms. The van der Waals surface area contributed by atoms with E-state index in [0.717, 1.165) is 38.5 Å². The third-order valence-electron chi connectivity index (χ3n) is 5.36. The molecule has 3 N–H and O–H groups in total. The molecule has 8 nitrogen and oxygen atoms in total. The van der Waals surface area contributed by atoms with E-state index < -0.39 is 22.0 Å². The van der Waals surface area contributed by atoms with E-state index in [9.17, 15) is 23.4 Å². The molecule has 0 fully saturated rings. The highest BCUT2D eigenvalue weighted by Gasteiger charge is 2.36. The molecule has 1 unspecified atom stereocenters. The van der Waals surface area contributed by atoms with Gasteiger partial charge in [-0.1, -0.05) is 44.8 Å². The number of carbonyl (C=O) groups excluding carboxylic acids is 1. The Morgan fingerprint density at radius 1 is 1.13 bits per heavy atom. The maximum absolute atomic E-state index is 12.8. The number of aliphatic hydroxyl groups is 2. The van der Waals surface area contributed by atoms with Crippen LogP contribution in [0.4, 0.5) is 0 Å². The zero-order valence-electron chi connectivity index (χ0n) is 18.9. The Balaban J connectivity index is 2.45. The van der Waals surface area contributed by atoms with Gasteiger partial charge >= 0.3 is 5.84 Å². The Bertz CT molecular complexity index is 690. The molecule has 0 aromatic heterocycles. The van der Waals surface area contributed by atoms with Crippen LogP contribution in [0.1, 0.15) is 71.1 Å². The SMILES string of the molecule is CCCCC/C=C/CCCCCCC(=O)C1=[N+](CC(O)CS(=O)(=O)O)CCN1CCO. The standard InChI is InChI=1S/C22H40N2O6S/c1-2-3-4-5-6-7-8-9-10-11-12-13-21(27)22-23(16-17-25)14-15-24(22)18-20(26)19-31(28,29)30/h6-7,20,25-26H,2-5,8-19H2,1H3/p+1/b7-6+. The number of allylic oxidation sites excluding steroid dienone is 2. The lowest BCUT2D eigenvalue weighted by atomic mass is 10.1. The zero-order valence-corrected chi connectivity index (χ0v) is 19.7. The van der Waals surface area contributed by atoms with Crippen molar-refractivity contribution in [2.24, 2.45) is 0 Å². The average Bonchev–Trinajstić information content (AvgIpc) is 3.06. The lowest BCUT2D eigenvalue weighted by Crippen LogP contribution is -2.40. The molecular weight excluding hydrogens is 420 g/mol. The Morgan fingerprint density at radius 2 is 1.77 bits per heavy atom. The predicted octanol–water partition coefficient (Wildman–Crippen LogP) is 2.00. The van der Waals surface area contributed by atoms with Crippen molar-refractivity contribution in [3.05, 3.63) is 12.2 Å². The van der Waals surface area contributed by atoms with Gasteiger partial charge in [0, 0.05) is 6.42 Å². The summed E-state index contributed by atoms with van der Waals surface area (Å²) in [6, 6.07) is 0. The molecule has 1 aliphatic rings. The Kier molecular flexibility index (Phi) is 13.9. The van der Waals surface area contributed by atoms with E-state index in [1.165, 1.54) is 19.3 Å². The number of unbranched alkanes of at least 4 members (excludes halogenated alkanes) is 7. The normalized spacial score (nSPS) is 15.9. The number of aliphatic hydroxyl groups excluding tert-OH is 2. The quantitative estimate of drug-likeness (QED) is 0.124. The van der Waals surface area contributed by atoms with Crippen LogP contribution in [-0.4, -0.2) is 88.9 Å². The number of β-amino-alcohol motifs (C(OH)–C–C–N with tert-alkyl or cyclic N) is 2. The van der Waals surface area contributed by atoms with Gasteiger partial charge in [-0.05, 0) is 32.1 Å². The number of nitrogens with zero attached hydrogens (tertiary/aromatic N) is 2. The van der Waals surface area contributed by atoms with Crippen molar-refractivity contribution in [3.8, 4) is 0 Å². The molecule has 31 heavy (non-hydrogen) atoms. The molecule has 1 heterocycles. The first-order chi connectivity index (χ1) is 14.8. The lowest BCUT2D eigenvalue weighted by molar-refractivity contribution is -0.525. The maximum Gasteiger partial charge on any atom is 0.316 e. The van der Waals surface area contributed by atoms with E-state index in [1.54, 1.807) is 9.48 Å². The number of ketones is 1. The van der Waals surface area contributed by atoms with E-state index in [1.807, 2.05) is 0 Å². The van der Waals surface area contributed by atoms with Crippen molar-refractivity contribution in [2.45, 2.75) is 77.2 Å².